The van der Waals surface area contributed by atoms with Crippen molar-refractivity contribution >= 4 is 11.4 Å². The van der Waals surface area contributed by atoms with E-state index in [-0.39, 0.29) is 5.82 Å². The van der Waals surface area contributed by atoms with E-state index in [1.54, 1.807) is 6.92 Å². The van der Waals surface area contributed by atoms with Crippen molar-refractivity contribution < 1.29 is 4.39 Å². The molecule has 0 saturated heterocycles. The Morgan fingerprint density at radius 1 is 1.44 bits per heavy atom. The second-order valence-electron chi connectivity index (χ2n) is 4.58. The van der Waals surface area contributed by atoms with Crippen LogP contribution in [0.2, 0.25) is 0 Å². The molecular formula is C13H19FN2. The van der Waals surface area contributed by atoms with Crippen LogP contribution in [-0.4, -0.2) is 12.6 Å². The topological polar surface area (TPSA) is 29.3 Å². The number of nitrogens with two attached hydrogens (primary N) is 1. The average molecular weight is 222 g/mol. The van der Waals surface area contributed by atoms with Crippen LogP contribution >= 0.6 is 0 Å². The van der Waals surface area contributed by atoms with Gasteiger partial charge in [0.15, 0.2) is 0 Å². The van der Waals surface area contributed by atoms with Gasteiger partial charge in [-0.05, 0) is 43.9 Å². The molecule has 1 aliphatic rings. The molecule has 1 aromatic rings. The van der Waals surface area contributed by atoms with E-state index in [1.807, 2.05) is 6.07 Å². The maximum absolute atomic E-state index is 13.3. The summed E-state index contributed by atoms with van der Waals surface area (Å²) in [5, 5.41) is 0. The first-order chi connectivity index (χ1) is 7.63. The molecule has 0 amide bonds. The maximum atomic E-state index is 13.3. The van der Waals surface area contributed by atoms with E-state index in [0.29, 0.717) is 17.3 Å². The number of aryl methyl sites for hydroxylation is 1. The van der Waals surface area contributed by atoms with Crippen molar-refractivity contribution in [3.8, 4) is 0 Å². The van der Waals surface area contributed by atoms with E-state index in [9.17, 15) is 4.39 Å². The molecule has 88 valence electrons. The van der Waals surface area contributed by atoms with Gasteiger partial charge in [0.05, 0.1) is 11.4 Å². The highest BCUT2D eigenvalue weighted by Gasteiger charge is 2.29. The zero-order valence-corrected chi connectivity index (χ0v) is 9.96. The third-order valence-electron chi connectivity index (χ3n) is 3.07. The second kappa shape index (κ2) is 4.32. The first-order valence-electron chi connectivity index (χ1n) is 5.95. The summed E-state index contributed by atoms with van der Waals surface area (Å²) in [5.74, 6) is -0.214. The fraction of sp³-hybridized carbons (Fsp3) is 0.538. The van der Waals surface area contributed by atoms with Gasteiger partial charge in [-0.1, -0.05) is 6.92 Å². The quantitative estimate of drug-likeness (QED) is 0.793. The van der Waals surface area contributed by atoms with Crippen molar-refractivity contribution in [2.45, 2.75) is 39.2 Å². The Labute approximate surface area is 96.2 Å². The molecule has 1 fully saturated rings. The number of rotatable bonds is 4. The molecule has 2 rings (SSSR count). The Kier molecular flexibility index (Phi) is 3.03. The van der Waals surface area contributed by atoms with Gasteiger partial charge in [-0.15, -0.1) is 0 Å². The van der Waals surface area contributed by atoms with E-state index < -0.39 is 0 Å². The Bertz CT molecular complexity index is 386. The van der Waals surface area contributed by atoms with Gasteiger partial charge in [0.25, 0.3) is 0 Å². The van der Waals surface area contributed by atoms with Crippen molar-refractivity contribution in [1.29, 1.82) is 0 Å². The Morgan fingerprint density at radius 3 is 2.69 bits per heavy atom. The number of nitrogen functional groups attached to an aromatic ring is 1. The van der Waals surface area contributed by atoms with Crippen molar-refractivity contribution in [1.82, 2.24) is 0 Å². The zero-order chi connectivity index (χ0) is 11.7. The van der Waals surface area contributed by atoms with Crippen molar-refractivity contribution in [2.75, 3.05) is 17.2 Å². The van der Waals surface area contributed by atoms with Crippen LogP contribution in [0.15, 0.2) is 12.1 Å². The van der Waals surface area contributed by atoms with Crippen molar-refractivity contribution in [2.24, 2.45) is 0 Å². The van der Waals surface area contributed by atoms with Crippen LogP contribution in [-0.2, 0) is 0 Å². The van der Waals surface area contributed by atoms with E-state index in [4.69, 9.17) is 5.73 Å². The molecule has 0 spiro atoms. The lowest BCUT2D eigenvalue weighted by Crippen LogP contribution is -2.27. The third kappa shape index (κ3) is 2.13. The minimum absolute atomic E-state index is 0.214. The lowest BCUT2D eigenvalue weighted by molar-refractivity contribution is 0.618. The molecule has 2 nitrogen and oxygen atoms in total. The summed E-state index contributed by atoms with van der Waals surface area (Å²) in [7, 11) is 0. The summed E-state index contributed by atoms with van der Waals surface area (Å²) < 4.78 is 13.3. The summed E-state index contributed by atoms with van der Waals surface area (Å²) in [5.41, 5.74) is 8.14. The minimum atomic E-state index is -0.214. The van der Waals surface area contributed by atoms with Crippen LogP contribution in [0, 0.1) is 12.7 Å². The van der Waals surface area contributed by atoms with Crippen LogP contribution in [0.5, 0.6) is 0 Å². The van der Waals surface area contributed by atoms with Gasteiger partial charge in [0.2, 0.25) is 0 Å². The Balaban J connectivity index is 2.32. The number of hydrogen-bond acceptors (Lipinski definition) is 2. The molecule has 1 saturated carbocycles. The standard InChI is InChI=1S/C13H19FN2/c1-3-6-16(10-4-5-10)13-7-9(2)11(14)8-12(13)15/h7-8,10H,3-6,15H2,1-2H3. The molecule has 0 heterocycles. The molecular weight excluding hydrogens is 203 g/mol. The molecule has 0 unspecified atom stereocenters. The summed E-state index contributed by atoms with van der Waals surface area (Å²) in [4.78, 5) is 2.32. The van der Waals surface area contributed by atoms with Crippen LogP contribution in [0.1, 0.15) is 31.7 Å². The predicted molar refractivity (Wildman–Crippen MR) is 66.2 cm³/mol. The predicted octanol–water partition coefficient (Wildman–Crippen LogP) is 3.10. The average Bonchev–Trinajstić information content (AvgIpc) is 3.04. The molecule has 3 heteroatoms. The van der Waals surface area contributed by atoms with Crippen molar-refractivity contribution in [3.05, 3.63) is 23.5 Å². The highest BCUT2D eigenvalue weighted by molar-refractivity contribution is 5.69. The first kappa shape index (κ1) is 11.2. The number of anilines is 2. The van der Waals surface area contributed by atoms with Gasteiger partial charge < -0.3 is 10.6 Å². The summed E-state index contributed by atoms with van der Waals surface area (Å²) in [6.45, 7) is 4.94. The van der Waals surface area contributed by atoms with Gasteiger partial charge in [0, 0.05) is 12.6 Å². The minimum Gasteiger partial charge on any atom is -0.397 e. The molecule has 16 heavy (non-hydrogen) atoms. The monoisotopic (exact) mass is 222 g/mol. The van der Waals surface area contributed by atoms with Crippen LogP contribution < -0.4 is 10.6 Å². The molecule has 2 N–H and O–H groups in total. The Hall–Kier alpha value is -1.25. The second-order valence-corrected chi connectivity index (χ2v) is 4.58. The maximum Gasteiger partial charge on any atom is 0.128 e. The molecule has 0 radical (unpaired) electrons. The number of benzene rings is 1. The highest BCUT2D eigenvalue weighted by Crippen LogP contribution is 2.35. The largest absolute Gasteiger partial charge is 0.397 e. The number of nitrogens with zero attached hydrogens (tertiary/aromatic N) is 1. The van der Waals surface area contributed by atoms with Crippen LogP contribution in [0.3, 0.4) is 0 Å². The number of hydrogen-bond donors (Lipinski definition) is 1. The molecule has 0 bridgehead atoms. The number of halogens is 1. The lowest BCUT2D eigenvalue weighted by atomic mass is 10.1. The fourth-order valence-electron chi connectivity index (χ4n) is 2.06. The van der Waals surface area contributed by atoms with E-state index in [1.165, 1.54) is 18.9 Å². The van der Waals surface area contributed by atoms with E-state index in [0.717, 1.165) is 18.7 Å². The molecule has 0 aromatic heterocycles. The molecule has 0 atom stereocenters. The Morgan fingerprint density at radius 2 is 2.12 bits per heavy atom. The van der Waals surface area contributed by atoms with E-state index in [2.05, 4.69) is 11.8 Å². The summed E-state index contributed by atoms with van der Waals surface area (Å²) in [6.07, 6.45) is 3.55. The van der Waals surface area contributed by atoms with Crippen LogP contribution in [0.25, 0.3) is 0 Å². The fourth-order valence-corrected chi connectivity index (χ4v) is 2.06. The SMILES string of the molecule is CCCN(c1cc(C)c(F)cc1N)C1CC1. The third-order valence-corrected chi connectivity index (χ3v) is 3.07. The van der Waals surface area contributed by atoms with Gasteiger partial charge in [-0.2, -0.15) is 0 Å². The van der Waals surface area contributed by atoms with Crippen LogP contribution in [0.4, 0.5) is 15.8 Å². The van der Waals surface area contributed by atoms with Gasteiger partial charge in [-0.25, -0.2) is 4.39 Å². The molecule has 1 aliphatic carbocycles. The smallest absolute Gasteiger partial charge is 0.128 e. The van der Waals surface area contributed by atoms with E-state index >= 15 is 0 Å². The summed E-state index contributed by atoms with van der Waals surface area (Å²) in [6, 6.07) is 3.93. The van der Waals surface area contributed by atoms with Gasteiger partial charge in [-0.3, -0.25) is 0 Å². The molecule has 1 aromatic carbocycles. The van der Waals surface area contributed by atoms with Gasteiger partial charge >= 0.3 is 0 Å². The van der Waals surface area contributed by atoms with Gasteiger partial charge in [0.1, 0.15) is 5.82 Å². The van der Waals surface area contributed by atoms with Crippen molar-refractivity contribution in [3.63, 3.8) is 0 Å². The highest BCUT2D eigenvalue weighted by atomic mass is 19.1. The normalized spacial score (nSPS) is 15.2. The molecule has 0 aliphatic heterocycles. The lowest BCUT2D eigenvalue weighted by Gasteiger charge is -2.26. The first-order valence-corrected chi connectivity index (χ1v) is 5.95. The summed E-state index contributed by atoms with van der Waals surface area (Å²) >= 11 is 0. The zero-order valence-electron chi connectivity index (χ0n) is 9.96.